The third-order valence-corrected chi connectivity index (χ3v) is 3.43. The third kappa shape index (κ3) is 6.49. The summed E-state index contributed by atoms with van der Waals surface area (Å²) in [6.07, 6.45) is 0.569. The number of aromatic amines is 1. The first kappa shape index (κ1) is 21.1. The number of carboxylic acids is 2. The Bertz CT molecular complexity index is 646. The number of amides is 2. The van der Waals surface area contributed by atoms with E-state index in [9.17, 15) is 29.4 Å². The van der Waals surface area contributed by atoms with Gasteiger partial charge in [0.15, 0.2) is 0 Å². The van der Waals surface area contributed by atoms with Crippen LogP contribution in [-0.2, 0) is 25.6 Å². The average molecular weight is 371 g/mol. The highest BCUT2D eigenvalue weighted by Gasteiger charge is 2.30. The van der Waals surface area contributed by atoms with Crippen molar-refractivity contribution in [2.24, 2.45) is 5.73 Å². The van der Waals surface area contributed by atoms with Gasteiger partial charge >= 0.3 is 11.9 Å². The molecule has 0 saturated carbocycles. The Balaban J connectivity index is 2.84. The topological polar surface area (TPSA) is 208 Å². The van der Waals surface area contributed by atoms with Crippen LogP contribution in [0, 0.1) is 0 Å². The molecule has 26 heavy (non-hydrogen) atoms. The second-order valence-electron chi connectivity index (χ2n) is 5.61. The number of nitrogens with two attached hydrogens (primary N) is 1. The minimum absolute atomic E-state index is 0.123. The summed E-state index contributed by atoms with van der Waals surface area (Å²) in [7, 11) is 0. The highest BCUT2D eigenvalue weighted by atomic mass is 16.4. The van der Waals surface area contributed by atoms with Crippen LogP contribution in [0.15, 0.2) is 12.5 Å². The van der Waals surface area contributed by atoms with Gasteiger partial charge in [-0.1, -0.05) is 0 Å². The number of aliphatic carboxylic acids is 2. The van der Waals surface area contributed by atoms with Crippen molar-refractivity contribution in [2.45, 2.75) is 44.0 Å². The molecule has 4 atom stereocenters. The van der Waals surface area contributed by atoms with E-state index in [1.54, 1.807) is 0 Å². The molecule has 8 N–H and O–H groups in total. The monoisotopic (exact) mass is 371 g/mol. The van der Waals surface area contributed by atoms with E-state index < -0.39 is 54.4 Å². The Morgan fingerprint density at radius 2 is 1.81 bits per heavy atom. The van der Waals surface area contributed by atoms with Crippen LogP contribution in [0.3, 0.4) is 0 Å². The molecule has 1 rings (SSSR count). The normalized spacial score (nSPS) is 15.3. The number of carboxylic acid groups (broad SMARTS) is 2. The summed E-state index contributed by atoms with van der Waals surface area (Å²) in [4.78, 5) is 52.8. The number of H-pyrrole nitrogens is 1. The predicted octanol–water partition coefficient (Wildman–Crippen LogP) is -2.81. The summed E-state index contributed by atoms with van der Waals surface area (Å²) in [5, 5.41) is 31.7. The zero-order chi connectivity index (χ0) is 19.9. The van der Waals surface area contributed by atoms with Gasteiger partial charge in [-0.3, -0.25) is 14.4 Å². The maximum Gasteiger partial charge on any atom is 0.326 e. The summed E-state index contributed by atoms with van der Waals surface area (Å²) < 4.78 is 0. The molecule has 0 unspecified atom stereocenters. The van der Waals surface area contributed by atoms with Crippen molar-refractivity contribution in [3.63, 3.8) is 0 Å². The summed E-state index contributed by atoms with van der Waals surface area (Å²) in [5.74, 6) is -4.70. The molecular formula is C14H21N5O7. The van der Waals surface area contributed by atoms with E-state index in [0.717, 1.165) is 0 Å². The number of hydrogen-bond acceptors (Lipinski definition) is 7. The maximum absolute atomic E-state index is 12.3. The summed E-state index contributed by atoms with van der Waals surface area (Å²) in [6, 6.07) is -4.31. The molecule has 12 heteroatoms. The molecule has 2 amide bonds. The summed E-state index contributed by atoms with van der Waals surface area (Å²) in [5.41, 5.74) is 5.87. The lowest BCUT2D eigenvalue weighted by molar-refractivity contribution is -0.143. The van der Waals surface area contributed by atoms with Crippen LogP contribution in [0.4, 0.5) is 0 Å². The first-order valence-corrected chi connectivity index (χ1v) is 7.58. The molecular weight excluding hydrogens is 350 g/mol. The zero-order valence-corrected chi connectivity index (χ0v) is 13.9. The summed E-state index contributed by atoms with van der Waals surface area (Å²) >= 11 is 0. The molecule has 0 aliphatic heterocycles. The van der Waals surface area contributed by atoms with E-state index >= 15 is 0 Å². The van der Waals surface area contributed by atoms with E-state index in [1.165, 1.54) is 19.4 Å². The Morgan fingerprint density at radius 3 is 2.27 bits per heavy atom. The third-order valence-electron chi connectivity index (χ3n) is 3.43. The van der Waals surface area contributed by atoms with E-state index in [-0.39, 0.29) is 6.42 Å². The first-order chi connectivity index (χ1) is 12.1. The van der Waals surface area contributed by atoms with Gasteiger partial charge in [0.25, 0.3) is 0 Å². The number of aliphatic hydroxyl groups is 1. The van der Waals surface area contributed by atoms with Crippen LogP contribution in [0.5, 0.6) is 0 Å². The lowest BCUT2D eigenvalue weighted by Crippen LogP contribution is -2.57. The smallest absolute Gasteiger partial charge is 0.326 e. The first-order valence-electron chi connectivity index (χ1n) is 7.58. The van der Waals surface area contributed by atoms with Crippen LogP contribution in [-0.4, -0.2) is 73.3 Å². The van der Waals surface area contributed by atoms with Crippen LogP contribution in [0.25, 0.3) is 0 Å². The fraction of sp³-hybridized carbons (Fsp3) is 0.500. The van der Waals surface area contributed by atoms with Crippen LogP contribution in [0.2, 0.25) is 0 Å². The van der Waals surface area contributed by atoms with Crippen LogP contribution >= 0.6 is 0 Å². The van der Waals surface area contributed by atoms with Crippen molar-refractivity contribution in [1.29, 1.82) is 0 Å². The van der Waals surface area contributed by atoms with Gasteiger partial charge in [-0.25, -0.2) is 9.78 Å². The lowest BCUT2D eigenvalue weighted by Gasteiger charge is -2.22. The Morgan fingerprint density at radius 1 is 1.19 bits per heavy atom. The molecule has 1 aromatic rings. The second kappa shape index (κ2) is 9.48. The van der Waals surface area contributed by atoms with Gasteiger partial charge in [0.2, 0.25) is 11.8 Å². The van der Waals surface area contributed by atoms with E-state index in [4.69, 9.17) is 10.8 Å². The lowest BCUT2D eigenvalue weighted by atomic mass is 10.1. The number of imidazole rings is 1. The van der Waals surface area contributed by atoms with E-state index in [2.05, 4.69) is 20.6 Å². The van der Waals surface area contributed by atoms with Crippen LogP contribution < -0.4 is 16.4 Å². The summed E-state index contributed by atoms with van der Waals surface area (Å²) in [6.45, 7) is 1.25. The van der Waals surface area contributed by atoms with Gasteiger partial charge in [-0.15, -0.1) is 0 Å². The van der Waals surface area contributed by atoms with Gasteiger partial charge in [0, 0.05) is 18.3 Å². The number of nitrogens with one attached hydrogen (secondary N) is 3. The minimum Gasteiger partial charge on any atom is -0.481 e. The molecule has 1 heterocycles. The number of rotatable bonds is 10. The maximum atomic E-state index is 12.3. The number of nitrogens with zero attached hydrogens (tertiary/aromatic N) is 1. The second-order valence-corrected chi connectivity index (χ2v) is 5.61. The molecule has 12 nitrogen and oxygen atoms in total. The highest BCUT2D eigenvalue weighted by Crippen LogP contribution is 2.02. The molecule has 0 aliphatic carbocycles. The van der Waals surface area contributed by atoms with Gasteiger partial charge in [-0.05, 0) is 6.92 Å². The minimum atomic E-state index is -1.56. The van der Waals surface area contributed by atoms with Gasteiger partial charge in [0.05, 0.1) is 18.9 Å². The average Bonchev–Trinajstić information content (AvgIpc) is 3.04. The van der Waals surface area contributed by atoms with Crippen molar-refractivity contribution in [2.75, 3.05) is 0 Å². The van der Waals surface area contributed by atoms with E-state index in [1.807, 2.05) is 0 Å². The number of aromatic nitrogens is 2. The van der Waals surface area contributed by atoms with E-state index in [0.29, 0.717) is 5.69 Å². The number of carbonyl (C=O) groups is 4. The largest absolute Gasteiger partial charge is 0.481 e. The molecule has 1 aromatic heterocycles. The molecule has 0 spiro atoms. The highest BCUT2D eigenvalue weighted by molar-refractivity contribution is 5.94. The Labute approximate surface area is 147 Å². The molecule has 144 valence electrons. The van der Waals surface area contributed by atoms with Gasteiger partial charge < -0.3 is 36.7 Å². The van der Waals surface area contributed by atoms with Gasteiger partial charge in [0.1, 0.15) is 18.1 Å². The standard InChI is InChI=1S/C14H21N5O7/c1-6(20)11(15)13(24)18-8(3-10(21)22)12(23)19-9(14(25)26)2-7-4-16-5-17-7/h4-6,8-9,11,20H,2-3,15H2,1H3,(H,16,17)(H,18,24)(H,19,23)(H,21,22)(H,25,26)/t6-,8+,9+,11+/m1/s1. The van der Waals surface area contributed by atoms with Crippen molar-refractivity contribution in [1.82, 2.24) is 20.6 Å². The number of aliphatic hydroxyl groups excluding tert-OH is 1. The number of hydrogen-bond donors (Lipinski definition) is 7. The molecule has 0 fully saturated rings. The van der Waals surface area contributed by atoms with Crippen molar-refractivity contribution < 1.29 is 34.5 Å². The number of carbonyl (C=O) groups excluding carboxylic acids is 2. The Kier molecular flexibility index (Phi) is 7.68. The van der Waals surface area contributed by atoms with Crippen molar-refractivity contribution in [3.8, 4) is 0 Å². The zero-order valence-electron chi connectivity index (χ0n) is 13.9. The van der Waals surface area contributed by atoms with Crippen molar-refractivity contribution >= 4 is 23.8 Å². The molecule has 0 aromatic carbocycles. The van der Waals surface area contributed by atoms with Crippen molar-refractivity contribution in [3.05, 3.63) is 18.2 Å². The molecule has 0 bridgehead atoms. The molecule has 0 radical (unpaired) electrons. The molecule has 0 saturated heterocycles. The van der Waals surface area contributed by atoms with Gasteiger partial charge in [-0.2, -0.15) is 0 Å². The van der Waals surface area contributed by atoms with Crippen LogP contribution in [0.1, 0.15) is 19.0 Å². The Hall–Kier alpha value is -2.99. The SMILES string of the molecule is C[C@@H](O)[C@H](N)C(=O)N[C@@H](CC(=O)O)C(=O)N[C@@H](Cc1cnc[nH]1)C(=O)O. The quantitative estimate of drug-likeness (QED) is 0.226. The fourth-order valence-electron chi connectivity index (χ4n) is 1.96. The fourth-order valence-corrected chi connectivity index (χ4v) is 1.96. The molecule has 0 aliphatic rings. The predicted molar refractivity (Wildman–Crippen MR) is 85.7 cm³/mol.